The minimum atomic E-state index is -0.316. The molecule has 1 aromatic heterocycles. The van der Waals surface area contributed by atoms with Gasteiger partial charge in [-0.15, -0.1) is 0 Å². The Morgan fingerprint density at radius 2 is 2.06 bits per heavy atom. The van der Waals surface area contributed by atoms with Gasteiger partial charge in [0.05, 0.1) is 0 Å². The second kappa shape index (κ2) is 5.79. The molecule has 6 nitrogen and oxygen atoms in total. The average Bonchev–Trinajstić information content (AvgIpc) is 2.23. The van der Waals surface area contributed by atoms with Crippen LogP contribution >= 0.6 is 0 Å². The highest BCUT2D eigenvalue weighted by atomic mass is 16.5. The van der Waals surface area contributed by atoms with E-state index in [0.29, 0.717) is 30.7 Å². The van der Waals surface area contributed by atoms with Crippen LogP contribution in [0.2, 0.25) is 0 Å². The van der Waals surface area contributed by atoms with Crippen molar-refractivity contribution in [2.24, 2.45) is 5.84 Å². The van der Waals surface area contributed by atoms with E-state index in [1.54, 1.807) is 6.07 Å². The van der Waals surface area contributed by atoms with Crippen molar-refractivity contribution in [3.63, 3.8) is 0 Å². The maximum absolute atomic E-state index is 5.66. The second-order valence-corrected chi connectivity index (χ2v) is 4.50. The fraction of sp³-hybridized carbons (Fsp3) is 0.636. The van der Waals surface area contributed by atoms with Crippen LogP contribution in [-0.2, 0) is 11.3 Å². The number of hydrogen-bond acceptors (Lipinski definition) is 6. The number of nitrogen functional groups attached to an aromatic ring is 1. The summed E-state index contributed by atoms with van der Waals surface area (Å²) in [5.41, 5.74) is 2.17. The van der Waals surface area contributed by atoms with Crippen LogP contribution in [0.5, 0.6) is 5.88 Å². The van der Waals surface area contributed by atoms with Crippen LogP contribution in [0.25, 0.3) is 0 Å². The van der Waals surface area contributed by atoms with Gasteiger partial charge in [0.1, 0.15) is 18.0 Å². The number of nitrogens with zero attached hydrogens (tertiary/aromatic N) is 2. The predicted molar refractivity (Wildman–Crippen MR) is 65.6 cm³/mol. The van der Waals surface area contributed by atoms with E-state index >= 15 is 0 Å². The Bertz CT molecular complexity index is 363. The molecule has 96 valence electrons. The van der Waals surface area contributed by atoms with Crippen LogP contribution in [0, 0.1) is 0 Å². The van der Waals surface area contributed by atoms with Crippen LogP contribution in [0.3, 0.4) is 0 Å². The lowest BCUT2D eigenvalue weighted by atomic mass is 10.2. The van der Waals surface area contributed by atoms with Gasteiger partial charge in [-0.05, 0) is 27.7 Å². The van der Waals surface area contributed by atoms with Crippen molar-refractivity contribution in [1.29, 1.82) is 0 Å². The molecule has 1 rings (SSSR count). The maximum Gasteiger partial charge on any atom is 0.219 e. The topological polar surface area (TPSA) is 82.3 Å². The van der Waals surface area contributed by atoms with Gasteiger partial charge in [-0.3, -0.25) is 0 Å². The first-order chi connectivity index (χ1) is 7.94. The molecule has 0 unspecified atom stereocenters. The molecule has 0 aliphatic heterocycles. The van der Waals surface area contributed by atoms with Crippen molar-refractivity contribution in [2.45, 2.75) is 39.9 Å². The Morgan fingerprint density at radius 3 is 2.59 bits per heavy atom. The second-order valence-electron chi connectivity index (χ2n) is 4.50. The summed E-state index contributed by atoms with van der Waals surface area (Å²) < 4.78 is 10.9. The first-order valence-electron chi connectivity index (χ1n) is 5.56. The highest BCUT2D eigenvalue weighted by molar-refractivity contribution is 5.37. The largest absolute Gasteiger partial charge is 0.472 e. The van der Waals surface area contributed by atoms with Crippen molar-refractivity contribution >= 4 is 5.82 Å². The summed E-state index contributed by atoms with van der Waals surface area (Å²) in [6.07, 6.45) is 0. The monoisotopic (exact) mass is 240 g/mol. The van der Waals surface area contributed by atoms with Crippen molar-refractivity contribution < 1.29 is 9.47 Å². The fourth-order valence-electron chi connectivity index (χ4n) is 1.17. The quantitative estimate of drug-likeness (QED) is 0.599. The molecule has 0 bridgehead atoms. The zero-order chi connectivity index (χ0) is 12.9. The first-order valence-corrected chi connectivity index (χ1v) is 5.56. The number of aromatic nitrogens is 2. The molecule has 1 heterocycles. The lowest BCUT2D eigenvalue weighted by molar-refractivity contribution is 0.114. The van der Waals surface area contributed by atoms with E-state index in [1.165, 1.54) is 0 Å². The van der Waals surface area contributed by atoms with Crippen molar-refractivity contribution in [3.8, 4) is 5.88 Å². The molecule has 0 spiro atoms. The Labute approximate surface area is 102 Å². The normalized spacial score (nSPS) is 11.4. The SMILES string of the molecule is CCOCc1nc(NN)cc(OC(C)(C)C)n1. The van der Waals surface area contributed by atoms with Crippen molar-refractivity contribution in [2.75, 3.05) is 12.0 Å². The molecular weight excluding hydrogens is 220 g/mol. The highest BCUT2D eigenvalue weighted by Crippen LogP contribution is 2.18. The number of nitrogens with one attached hydrogen (secondary N) is 1. The van der Waals surface area contributed by atoms with Gasteiger partial charge in [0.15, 0.2) is 5.82 Å². The van der Waals surface area contributed by atoms with Crippen LogP contribution < -0.4 is 16.0 Å². The summed E-state index contributed by atoms with van der Waals surface area (Å²) >= 11 is 0. The summed E-state index contributed by atoms with van der Waals surface area (Å²) in [7, 11) is 0. The Morgan fingerprint density at radius 1 is 1.35 bits per heavy atom. The first kappa shape index (κ1) is 13.7. The maximum atomic E-state index is 5.66. The van der Waals surface area contributed by atoms with Gasteiger partial charge >= 0.3 is 0 Å². The van der Waals surface area contributed by atoms with Gasteiger partial charge < -0.3 is 14.9 Å². The molecule has 1 aromatic rings. The molecule has 0 aromatic carbocycles. The molecule has 6 heteroatoms. The molecule has 0 radical (unpaired) electrons. The average molecular weight is 240 g/mol. The number of ether oxygens (including phenoxy) is 2. The minimum absolute atomic E-state index is 0.316. The Hall–Kier alpha value is -1.40. The van der Waals surface area contributed by atoms with Gasteiger partial charge in [0, 0.05) is 12.7 Å². The number of hydrogen-bond donors (Lipinski definition) is 2. The number of anilines is 1. The van der Waals surface area contributed by atoms with Gasteiger partial charge in [0.2, 0.25) is 5.88 Å². The van der Waals surface area contributed by atoms with Crippen LogP contribution in [0.15, 0.2) is 6.07 Å². The van der Waals surface area contributed by atoms with E-state index in [2.05, 4.69) is 15.4 Å². The third-order valence-electron chi connectivity index (χ3n) is 1.74. The van der Waals surface area contributed by atoms with E-state index in [-0.39, 0.29) is 5.60 Å². The molecule has 0 fully saturated rings. The lowest BCUT2D eigenvalue weighted by Crippen LogP contribution is -2.24. The summed E-state index contributed by atoms with van der Waals surface area (Å²) in [6.45, 7) is 8.72. The number of nitrogens with two attached hydrogens (primary N) is 1. The molecular formula is C11H20N4O2. The van der Waals surface area contributed by atoms with E-state index in [4.69, 9.17) is 15.3 Å². The predicted octanol–water partition coefficient (Wildman–Crippen LogP) is 1.48. The third kappa shape index (κ3) is 4.97. The summed E-state index contributed by atoms with van der Waals surface area (Å²) in [5.74, 6) is 6.88. The molecule has 0 saturated carbocycles. The fourth-order valence-corrected chi connectivity index (χ4v) is 1.17. The van der Waals surface area contributed by atoms with E-state index in [9.17, 15) is 0 Å². The minimum Gasteiger partial charge on any atom is -0.472 e. The zero-order valence-corrected chi connectivity index (χ0v) is 10.8. The number of hydrazine groups is 1. The molecule has 0 aliphatic carbocycles. The summed E-state index contributed by atoms with van der Waals surface area (Å²) in [5, 5.41) is 0. The highest BCUT2D eigenvalue weighted by Gasteiger charge is 2.14. The Kier molecular flexibility index (Phi) is 4.65. The smallest absolute Gasteiger partial charge is 0.219 e. The van der Waals surface area contributed by atoms with Crippen molar-refractivity contribution in [1.82, 2.24) is 9.97 Å². The molecule has 0 aliphatic rings. The number of rotatable bonds is 5. The lowest BCUT2D eigenvalue weighted by Gasteiger charge is -2.20. The molecule has 0 amide bonds. The van der Waals surface area contributed by atoms with Gasteiger partial charge in [-0.2, -0.15) is 4.98 Å². The van der Waals surface area contributed by atoms with E-state index in [0.717, 1.165) is 0 Å². The third-order valence-corrected chi connectivity index (χ3v) is 1.74. The molecule has 0 atom stereocenters. The van der Waals surface area contributed by atoms with E-state index in [1.807, 2.05) is 27.7 Å². The molecule has 3 N–H and O–H groups in total. The zero-order valence-electron chi connectivity index (χ0n) is 10.8. The Balaban J connectivity index is 2.88. The summed E-state index contributed by atoms with van der Waals surface area (Å²) in [4.78, 5) is 8.42. The summed E-state index contributed by atoms with van der Waals surface area (Å²) in [6, 6.07) is 1.65. The van der Waals surface area contributed by atoms with Gasteiger partial charge in [-0.1, -0.05) is 0 Å². The van der Waals surface area contributed by atoms with Crippen LogP contribution in [-0.4, -0.2) is 22.2 Å². The standard InChI is InChI=1S/C11H20N4O2/c1-5-16-7-9-13-8(15-12)6-10(14-9)17-11(2,3)4/h6H,5,7,12H2,1-4H3,(H,13,14,15). The van der Waals surface area contributed by atoms with Crippen molar-refractivity contribution in [3.05, 3.63) is 11.9 Å². The van der Waals surface area contributed by atoms with Crippen LogP contribution in [0.4, 0.5) is 5.82 Å². The molecule has 17 heavy (non-hydrogen) atoms. The van der Waals surface area contributed by atoms with E-state index < -0.39 is 0 Å². The van der Waals surface area contributed by atoms with Crippen LogP contribution in [0.1, 0.15) is 33.5 Å². The molecule has 0 saturated heterocycles. The van der Waals surface area contributed by atoms with Gasteiger partial charge in [-0.25, -0.2) is 10.8 Å². The van der Waals surface area contributed by atoms with Gasteiger partial charge in [0.25, 0.3) is 0 Å².